The second-order valence-electron chi connectivity index (χ2n) is 5.46. The normalized spacial score (nSPS) is 12.5. The van der Waals surface area contributed by atoms with E-state index in [9.17, 15) is 4.79 Å². The Balaban J connectivity index is 2.79. The molecule has 3 nitrogen and oxygen atoms in total. The van der Waals surface area contributed by atoms with E-state index in [4.69, 9.17) is 5.73 Å². The zero-order valence-electron chi connectivity index (χ0n) is 12.5. The van der Waals surface area contributed by atoms with Gasteiger partial charge >= 0.3 is 0 Å². The molecule has 1 unspecified atom stereocenters. The van der Waals surface area contributed by atoms with E-state index in [1.165, 1.54) is 5.56 Å². The Kier molecular flexibility index (Phi) is 6.03. The maximum atomic E-state index is 12.4. The first-order valence-corrected chi connectivity index (χ1v) is 7.08. The van der Waals surface area contributed by atoms with Gasteiger partial charge in [-0.15, -0.1) is 0 Å². The molecule has 0 fully saturated rings. The van der Waals surface area contributed by atoms with E-state index in [1.807, 2.05) is 36.1 Å². The molecular weight excluding hydrogens is 236 g/mol. The van der Waals surface area contributed by atoms with Gasteiger partial charge < -0.3 is 10.6 Å². The van der Waals surface area contributed by atoms with Gasteiger partial charge in [0.15, 0.2) is 0 Å². The van der Waals surface area contributed by atoms with Gasteiger partial charge in [-0.1, -0.05) is 32.9 Å². The first-order chi connectivity index (χ1) is 8.99. The lowest BCUT2D eigenvalue weighted by Gasteiger charge is -2.24. The molecule has 0 aliphatic carbocycles. The lowest BCUT2D eigenvalue weighted by molar-refractivity contribution is 0.0744. The van der Waals surface area contributed by atoms with Gasteiger partial charge in [-0.2, -0.15) is 0 Å². The molecule has 106 valence electrons. The summed E-state index contributed by atoms with van der Waals surface area (Å²) in [5.41, 5.74) is 7.65. The lowest BCUT2D eigenvalue weighted by Crippen LogP contribution is -2.36. The molecule has 19 heavy (non-hydrogen) atoms. The van der Waals surface area contributed by atoms with Crippen LogP contribution in [0.25, 0.3) is 0 Å². The fourth-order valence-electron chi connectivity index (χ4n) is 2.00. The Hall–Kier alpha value is -1.35. The summed E-state index contributed by atoms with van der Waals surface area (Å²) in [5.74, 6) is 0.917. The van der Waals surface area contributed by atoms with Crippen molar-refractivity contribution < 1.29 is 4.79 Å². The van der Waals surface area contributed by atoms with Crippen molar-refractivity contribution in [3.63, 3.8) is 0 Å². The van der Waals surface area contributed by atoms with Crippen LogP contribution in [0.15, 0.2) is 24.3 Å². The summed E-state index contributed by atoms with van der Waals surface area (Å²) < 4.78 is 0. The van der Waals surface area contributed by atoms with Crippen LogP contribution in [0.1, 0.15) is 49.5 Å². The predicted molar refractivity (Wildman–Crippen MR) is 80.3 cm³/mol. The molecule has 1 aromatic carbocycles. The molecule has 0 saturated carbocycles. The third-order valence-electron chi connectivity index (χ3n) is 3.43. The van der Waals surface area contributed by atoms with Crippen LogP contribution in [0.3, 0.4) is 0 Å². The molecule has 1 rings (SSSR count). The summed E-state index contributed by atoms with van der Waals surface area (Å²) >= 11 is 0. The number of carbonyl (C=O) groups excluding carboxylic acids is 1. The van der Waals surface area contributed by atoms with Crippen molar-refractivity contribution in [3.05, 3.63) is 35.4 Å². The highest BCUT2D eigenvalue weighted by atomic mass is 16.2. The zero-order chi connectivity index (χ0) is 14.4. The van der Waals surface area contributed by atoms with E-state index >= 15 is 0 Å². The molecule has 0 bridgehead atoms. The number of carbonyl (C=O) groups is 1. The van der Waals surface area contributed by atoms with Gasteiger partial charge in [-0.25, -0.2) is 0 Å². The lowest BCUT2D eigenvalue weighted by atomic mass is 10.0. The van der Waals surface area contributed by atoms with Crippen LogP contribution >= 0.6 is 0 Å². The van der Waals surface area contributed by atoms with Crippen molar-refractivity contribution in [2.24, 2.45) is 11.7 Å². The molecule has 0 heterocycles. The largest absolute Gasteiger partial charge is 0.339 e. The van der Waals surface area contributed by atoms with Gasteiger partial charge in [-0.05, 0) is 43.0 Å². The molecule has 1 atom stereocenters. The molecular formula is C16H26N2O. The second-order valence-corrected chi connectivity index (χ2v) is 5.46. The predicted octanol–water partition coefficient (Wildman–Crippen LogP) is 2.87. The Morgan fingerprint density at radius 1 is 1.21 bits per heavy atom. The summed E-state index contributed by atoms with van der Waals surface area (Å²) in [6.07, 6.45) is 0. The third-order valence-corrected chi connectivity index (χ3v) is 3.43. The number of amides is 1. The first-order valence-electron chi connectivity index (χ1n) is 7.08. The number of hydrogen-bond donors (Lipinski definition) is 1. The standard InChI is InChI=1S/C16H26N2O/c1-5-18(11-13(4)10-17)16(19)15-8-6-14(7-9-15)12(2)3/h6-9,12-13H,5,10-11,17H2,1-4H3. The fourth-order valence-corrected chi connectivity index (χ4v) is 2.00. The third kappa shape index (κ3) is 4.35. The van der Waals surface area contributed by atoms with Gasteiger partial charge in [0.05, 0.1) is 0 Å². The Bertz CT molecular complexity index is 398. The van der Waals surface area contributed by atoms with Crippen LogP contribution in [0.4, 0.5) is 0 Å². The minimum absolute atomic E-state index is 0.0955. The molecule has 0 aliphatic rings. The highest BCUT2D eigenvalue weighted by Crippen LogP contribution is 2.16. The van der Waals surface area contributed by atoms with Crippen molar-refractivity contribution in [1.29, 1.82) is 0 Å². The van der Waals surface area contributed by atoms with Crippen LogP contribution in [0.5, 0.6) is 0 Å². The molecule has 3 heteroatoms. The van der Waals surface area contributed by atoms with Crippen LogP contribution in [-0.2, 0) is 0 Å². The summed E-state index contributed by atoms with van der Waals surface area (Å²) in [6, 6.07) is 7.93. The highest BCUT2D eigenvalue weighted by molar-refractivity contribution is 5.94. The Morgan fingerprint density at radius 2 is 1.79 bits per heavy atom. The topological polar surface area (TPSA) is 46.3 Å². The van der Waals surface area contributed by atoms with E-state index < -0.39 is 0 Å². The van der Waals surface area contributed by atoms with Gasteiger partial charge in [0.25, 0.3) is 5.91 Å². The quantitative estimate of drug-likeness (QED) is 0.857. The summed E-state index contributed by atoms with van der Waals surface area (Å²) in [6.45, 7) is 10.4. The van der Waals surface area contributed by atoms with Gasteiger partial charge in [0.1, 0.15) is 0 Å². The smallest absolute Gasteiger partial charge is 0.253 e. The van der Waals surface area contributed by atoms with Crippen molar-refractivity contribution in [2.45, 2.75) is 33.6 Å². The average molecular weight is 262 g/mol. The number of rotatable bonds is 6. The number of nitrogens with zero attached hydrogens (tertiary/aromatic N) is 1. The highest BCUT2D eigenvalue weighted by Gasteiger charge is 2.16. The molecule has 0 radical (unpaired) electrons. The molecule has 0 saturated heterocycles. The average Bonchev–Trinajstić information content (AvgIpc) is 2.43. The van der Waals surface area contributed by atoms with Crippen molar-refractivity contribution in [2.75, 3.05) is 19.6 Å². The monoisotopic (exact) mass is 262 g/mol. The van der Waals surface area contributed by atoms with E-state index in [2.05, 4.69) is 20.8 Å². The van der Waals surface area contributed by atoms with Crippen LogP contribution in [0.2, 0.25) is 0 Å². The minimum Gasteiger partial charge on any atom is -0.339 e. The van der Waals surface area contributed by atoms with Gasteiger partial charge in [0.2, 0.25) is 0 Å². The number of benzene rings is 1. The molecule has 0 spiro atoms. The molecule has 1 aromatic rings. The molecule has 1 amide bonds. The molecule has 2 N–H and O–H groups in total. The van der Waals surface area contributed by atoms with Crippen molar-refractivity contribution >= 4 is 5.91 Å². The number of hydrogen-bond acceptors (Lipinski definition) is 2. The summed E-state index contributed by atoms with van der Waals surface area (Å²) in [7, 11) is 0. The van der Waals surface area contributed by atoms with E-state index in [1.54, 1.807) is 0 Å². The maximum Gasteiger partial charge on any atom is 0.253 e. The Morgan fingerprint density at radius 3 is 2.21 bits per heavy atom. The Labute approximate surface area is 116 Å². The fraction of sp³-hybridized carbons (Fsp3) is 0.562. The van der Waals surface area contributed by atoms with Gasteiger partial charge in [-0.3, -0.25) is 4.79 Å². The van der Waals surface area contributed by atoms with E-state index in [-0.39, 0.29) is 5.91 Å². The molecule has 0 aliphatic heterocycles. The second kappa shape index (κ2) is 7.29. The van der Waals surface area contributed by atoms with E-state index in [0.29, 0.717) is 18.4 Å². The number of nitrogens with two attached hydrogens (primary N) is 1. The van der Waals surface area contributed by atoms with Gasteiger partial charge in [0, 0.05) is 18.7 Å². The zero-order valence-corrected chi connectivity index (χ0v) is 12.5. The van der Waals surface area contributed by atoms with Crippen LogP contribution in [0, 0.1) is 5.92 Å². The van der Waals surface area contributed by atoms with E-state index in [0.717, 1.165) is 18.7 Å². The molecule has 0 aromatic heterocycles. The SMILES string of the molecule is CCN(CC(C)CN)C(=O)c1ccc(C(C)C)cc1. The minimum atomic E-state index is 0.0955. The van der Waals surface area contributed by atoms with Crippen LogP contribution in [-0.4, -0.2) is 30.4 Å². The summed E-state index contributed by atoms with van der Waals surface area (Å²) in [5, 5.41) is 0. The van der Waals surface area contributed by atoms with Crippen molar-refractivity contribution in [3.8, 4) is 0 Å². The van der Waals surface area contributed by atoms with Crippen LogP contribution < -0.4 is 5.73 Å². The van der Waals surface area contributed by atoms with Crippen molar-refractivity contribution in [1.82, 2.24) is 4.90 Å². The summed E-state index contributed by atoms with van der Waals surface area (Å²) in [4.78, 5) is 14.3. The first kappa shape index (κ1) is 15.7. The maximum absolute atomic E-state index is 12.4.